The summed E-state index contributed by atoms with van der Waals surface area (Å²) in [7, 11) is 0. The van der Waals surface area contributed by atoms with Crippen molar-refractivity contribution in [1.29, 1.82) is 0 Å². The molecule has 0 aromatic carbocycles. The average molecular weight is 166 g/mol. The number of rotatable bonds is 0. The van der Waals surface area contributed by atoms with Gasteiger partial charge in [-0.05, 0) is 0 Å². The minimum atomic E-state index is 0. The zero-order chi connectivity index (χ0) is 0. The monoisotopic (exact) mass is 164 g/mol. The largest absolute Gasteiger partial charge is 2.00 e. The molecule has 5 heavy (non-hydrogen) atoms. The van der Waals surface area contributed by atoms with Crippen LogP contribution in [0.25, 0.3) is 0 Å². The first-order chi connectivity index (χ1) is 0. The normalized spacial score (nSPS) is 0. The molecular weight excluding hydrogens is 162 g/mol. The molecule has 0 aromatic heterocycles. The number of hydrogen-bond donors (Lipinski definition) is 0. The molecule has 0 saturated heterocycles. The first kappa shape index (κ1) is 60.9. The predicted molar refractivity (Wildman–Crippen MR) is 24.1 cm³/mol. The maximum Gasteiger partial charge on any atom is 2.00 e. The Morgan fingerprint density at radius 3 is 0.800 bits per heavy atom. The molecular formula is H4Cl3MgP. The van der Waals surface area contributed by atoms with Crippen molar-refractivity contribution >= 4 is 45.4 Å². The summed E-state index contributed by atoms with van der Waals surface area (Å²) in [5, 5.41) is 0. The molecule has 0 aliphatic heterocycles. The van der Waals surface area contributed by atoms with Gasteiger partial charge in [0.25, 0.3) is 0 Å². The van der Waals surface area contributed by atoms with Crippen molar-refractivity contribution in [1.82, 2.24) is 0 Å². The van der Waals surface area contributed by atoms with Crippen molar-refractivity contribution in [2.45, 2.75) is 0 Å². The summed E-state index contributed by atoms with van der Waals surface area (Å²) in [6, 6.07) is 0. The van der Waals surface area contributed by atoms with Gasteiger partial charge in [-0.15, -0.1) is 12.4 Å². The van der Waals surface area contributed by atoms with Crippen LogP contribution in [0.4, 0.5) is 0 Å². The van der Waals surface area contributed by atoms with Crippen molar-refractivity contribution in [2.24, 2.45) is 0 Å². The summed E-state index contributed by atoms with van der Waals surface area (Å²) in [6.45, 7) is 0. The Kier molecular flexibility index (Phi) is 444. The Bertz CT molecular complexity index is 6.85. The Morgan fingerprint density at radius 1 is 0.800 bits per heavy atom. The molecule has 0 fully saturated rings. The van der Waals surface area contributed by atoms with Gasteiger partial charge in [0.1, 0.15) is 0 Å². The molecule has 32 valence electrons. The Hall–Kier alpha value is 2.07. The van der Waals surface area contributed by atoms with E-state index in [1.54, 1.807) is 0 Å². The fourth-order valence-corrected chi connectivity index (χ4v) is 0. The Morgan fingerprint density at radius 2 is 0.800 bits per heavy atom. The molecule has 0 aromatic rings. The third-order valence-electron chi connectivity index (χ3n) is 0. The Labute approximate surface area is 69.8 Å². The van der Waals surface area contributed by atoms with Gasteiger partial charge in [-0.2, -0.15) is 9.90 Å². The standard InChI is InChI=1S/3ClH.Mg.H3P/h3*1H;;1H3/q;;;+2;/p-2. The molecule has 0 amide bonds. The van der Waals surface area contributed by atoms with Crippen LogP contribution >= 0.6 is 22.3 Å². The van der Waals surface area contributed by atoms with Crippen molar-refractivity contribution in [3.63, 3.8) is 0 Å². The molecule has 0 N–H and O–H groups in total. The SMILES string of the molecule is Cl.P.[Cl-].[Cl-].[Mg+2]. The van der Waals surface area contributed by atoms with Crippen molar-refractivity contribution in [3.05, 3.63) is 0 Å². The van der Waals surface area contributed by atoms with Crippen molar-refractivity contribution in [2.75, 3.05) is 0 Å². The second kappa shape index (κ2) is 36.5. The van der Waals surface area contributed by atoms with E-state index in [-0.39, 0.29) is 70.2 Å². The zero-order valence-electron chi connectivity index (χ0n) is 2.58. The van der Waals surface area contributed by atoms with E-state index in [2.05, 4.69) is 0 Å². The molecule has 0 heterocycles. The maximum atomic E-state index is 0. The molecule has 0 bridgehead atoms. The second-order valence-corrected chi connectivity index (χ2v) is 0. The first-order valence-corrected chi connectivity index (χ1v) is 0. The van der Waals surface area contributed by atoms with E-state index in [1.165, 1.54) is 0 Å². The van der Waals surface area contributed by atoms with Gasteiger partial charge in [-0.1, -0.05) is 0 Å². The van der Waals surface area contributed by atoms with Gasteiger partial charge in [-0.25, -0.2) is 0 Å². The minimum absolute atomic E-state index is 0. The van der Waals surface area contributed by atoms with E-state index >= 15 is 0 Å². The van der Waals surface area contributed by atoms with Crippen LogP contribution in [0.3, 0.4) is 0 Å². The average Bonchev–Trinajstić information content (AvgIpc) is 0. The van der Waals surface area contributed by atoms with Crippen LogP contribution < -0.4 is 24.8 Å². The van der Waals surface area contributed by atoms with E-state index in [0.29, 0.717) is 0 Å². The molecule has 1 atom stereocenters. The molecule has 1 unspecified atom stereocenters. The van der Waals surface area contributed by atoms with Crippen LogP contribution in [0, 0.1) is 0 Å². The minimum Gasteiger partial charge on any atom is -1.00 e. The fraction of sp³-hybridized carbons (Fsp3) is 0. The maximum absolute atomic E-state index is 0. The molecule has 0 aliphatic rings. The quantitative estimate of drug-likeness (QED) is 0.248. The van der Waals surface area contributed by atoms with Crippen LogP contribution in [-0.4, -0.2) is 23.1 Å². The van der Waals surface area contributed by atoms with E-state index in [1.807, 2.05) is 0 Å². The topological polar surface area (TPSA) is 0 Å². The van der Waals surface area contributed by atoms with E-state index in [4.69, 9.17) is 0 Å². The summed E-state index contributed by atoms with van der Waals surface area (Å²) in [6.07, 6.45) is 0. The third kappa shape index (κ3) is 23.5. The van der Waals surface area contributed by atoms with Crippen LogP contribution in [0.1, 0.15) is 0 Å². The summed E-state index contributed by atoms with van der Waals surface area (Å²) in [4.78, 5) is 0. The van der Waals surface area contributed by atoms with Crippen LogP contribution in [0.15, 0.2) is 0 Å². The van der Waals surface area contributed by atoms with Crippen LogP contribution in [0.5, 0.6) is 0 Å². The van der Waals surface area contributed by atoms with Crippen molar-refractivity contribution < 1.29 is 24.8 Å². The fourth-order valence-electron chi connectivity index (χ4n) is 0. The summed E-state index contributed by atoms with van der Waals surface area (Å²) < 4.78 is 0. The predicted octanol–water partition coefficient (Wildman–Crippen LogP) is -5.89. The molecule has 5 heteroatoms. The van der Waals surface area contributed by atoms with Gasteiger partial charge in [-0.3, -0.25) is 0 Å². The summed E-state index contributed by atoms with van der Waals surface area (Å²) >= 11 is 0. The van der Waals surface area contributed by atoms with Gasteiger partial charge in [0.05, 0.1) is 0 Å². The Balaban J connectivity index is 0. The zero-order valence-corrected chi connectivity index (χ0v) is 7.74. The number of hydrogen-bond acceptors (Lipinski definition) is 0. The molecule has 0 rings (SSSR count). The van der Waals surface area contributed by atoms with E-state index < -0.39 is 0 Å². The summed E-state index contributed by atoms with van der Waals surface area (Å²) in [5.41, 5.74) is 0. The molecule has 0 aliphatic carbocycles. The van der Waals surface area contributed by atoms with Gasteiger partial charge < -0.3 is 24.8 Å². The second-order valence-electron chi connectivity index (χ2n) is 0. The van der Waals surface area contributed by atoms with E-state index in [9.17, 15) is 0 Å². The summed E-state index contributed by atoms with van der Waals surface area (Å²) in [5.74, 6) is 0. The smallest absolute Gasteiger partial charge is 1.00 e. The van der Waals surface area contributed by atoms with Gasteiger partial charge in [0.15, 0.2) is 0 Å². The molecule has 0 saturated carbocycles. The van der Waals surface area contributed by atoms with E-state index in [0.717, 1.165) is 0 Å². The van der Waals surface area contributed by atoms with Crippen molar-refractivity contribution in [3.8, 4) is 0 Å². The molecule has 0 spiro atoms. The number of halogens is 3. The first-order valence-electron chi connectivity index (χ1n) is 0. The van der Waals surface area contributed by atoms with Crippen LogP contribution in [0.2, 0.25) is 0 Å². The van der Waals surface area contributed by atoms with Crippen LogP contribution in [-0.2, 0) is 0 Å². The van der Waals surface area contributed by atoms with Gasteiger partial charge in [0.2, 0.25) is 0 Å². The molecule has 0 nitrogen and oxygen atoms in total. The van der Waals surface area contributed by atoms with Gasteiger partial charge in [0, 0.05) is 0 Å². The third-order valence-corrected chi connectivity index (χ3v) is 0. The molecule has 0 radical (unpaired) electrons. The van der Waals surface area contributed by atoms with Gasteiger partial charge >= 0.3 is 23.1 Å².